The lowest BCUT2D eigenvalue weighted by atomic mass is 9.97. The molecule has 0 bridgehead atoms. The number of rotatable bonds is 2. The molecule has 0 unspecified atom stereocenters. The molecule has 3 heteroatoms. The quantitative estimate of drug-likeness (QED) is 0.711. The van der Waals surface area contributed by atoms with Gasteiger partial charge in [-0.2, -0.15) is 0 Å². The molecular weight excluding hydrogens is 332 g/mol. The molecule has 0 spiro atoms. The van der Waals surface area contributed by atoms with E-state index in [0.29, 0.717) is 6.42 Å². The number of ketones is 1. The van der Waals surface area contributed by atoms with Gasteiger partial charge in [-0.05, 0) is 47.3 Å². The minimum atomic E-state index is 0.265. The van der Waals surface area contributed by atoms with Crippen LogP contribution in [0.25, 0.3) is 11.1 Å². The Balaban J connectivity index is 2.24. The summed E-state index contributed by atoms with van der Waals surface area (Å²) in [6.07, 6.45) is 1.47. The number of carbonyl (C=O) groups excluding carboxylic acids is 1. The Hall–Kier alpha value is -1.19. The Morgan fingerprint density at radius 2 is 1.75 bits per heavy atom. The van der Waals surface area contributed by atoms with Gasteiger partial charge in [0.1, 0.15) is 0 Å². The SMILES string of the molecule is Cc1sc(C)c(C2=C(c3ccccc3)C(=O)CC2)c1Br. The minimum Gasteiger partial charge on any atom is -0.294 e. The summed E-state index contributed by atoms with van der Waals surface area (Å²) in [6.45, 7) is 4.25. The highest BCUT2D eigenvalue weighted by Crippen LogP contribution is 2.45. The maximum Gasteiger partial charge on any atom is 0.164 e. The van der Waals surface area contributed by atoms with Crippen LogP contribution in [0.3, 0.4) is 0 Å². The van der Waals surface area contributed by atoms with Crippen LogP contribution in [0.2, 0.25) is 0 Å². The molecule has 0 saturated carbocycles. The Morgan fingerprint density at radius 3 is 2.35 bits per heavy atom. The molecule has 2 aromatic rings. The number of carbonyl (C=O) groups is 1. The molecule has 0 aliphatic heterocycles. The van der Waals surface area contributed by atoms with E-state index in [1.807, 2.05) is 30.3 Å². The second-order valence-corrected chi connectivity index (χ2v) is 7.27. The fraction of sp³-hybridized carbons (Fsp3) is 0.235. The first-order valence-corrected chi connectivity index (χ1v) is 8.28. The van der Waals surface area contributed by atoms with E-state index in [1.165, 1.54) is 20.9 Å². The Labute approximate surface area is 131 Å². The number of allylic oxidation sites excluding steroid dienone is 2. The van der Waals surface area contributed by atoms with Crippen LogP contribution in [0.5, 0.6) is 0 Å². The highest BCUT2D eigenvalue weighted by molar-refractivity contribution is 9.10. The molecule has 1 heterocycles. The van der Waals surface area contributed by atoms with Crippen molar-refractivity contribution in [2.75, 3.05) is 0 Å². The first kappa shape index (κ1) is 13.8. The van der Waals surface area contributed by atoms with E-state index in [9.17, 15) is 4.79 Å². The van der Waals surface area contributed by atoms with Gasteiger partial charge in [-0.15, -0.1) is 11.3 Å². The van der Waals surface area contributed by atoms with Crippen LogP contribution in [0, 0.1) is 13.8 Å². The third-order valence-corrected chi connectivity index (χ3v) is 6.01. The maximum absolute atomic E-state index is 12.3. The Morgan fingerprint density at radius 1 is 1.05 bits per heavy atom. The molecule has 0 saturated heterocycles. The van der Waals surface area contributed by atoms with Crippen molar-refractivity contribution in [2.45, 2.75) is 26.7 Å². The van der Waals surface area contributed by atoms with Crippen LogP contribution < -0.4 is 0 Å². The normalized spacial score (nSPS) is 15.2. The van der Waals surface area contributed by atoms with Gasteiger partial charge in [0.15, 0.2) is 5.78 Å². The largest absolute Gasteiger partial charge is 0.294 e. The number of thiophene rings is 1. The molecule has 1 aliphatic rings. The third-order valence-electron chi connectivity index (χ3n) is 3.73. The van der Waals surface area contributed by atoms with Crippen molar-refractivity contribution in [2.24, 2.45) is 0 Å². The summed E-state index contributed by atoms with van der Waals surface area (Å²) >= 11 is 5.48. The monoisotopic (exact) mass is 346 g/mol. The van der Waals surface area contributed by atoms with Crippen molar-refractivity contribution in [3.8, 4) is 0 Å². The van der Waals surface area contributed by atoms with Gasteiger partial charge in [-0.1, -0.05) is 30.3 Å². The average molecular weight is 347 g/mol. The van der Waals surface area contributed by atoms with Gasteiger partial charge >= 0.3 is 0 Å². The highest BCUT2D eigenvalue weighted by atomic mass is 79.9. The number of aryl methyl sites for hydroxylation is 2. The maximum atomic E-state index is 12.3. The standard InChI is InChI=1S/C17H15BrOS/c1-10-15(17(18)11(2)20-10)13-8-9-14(19)16(13)12-6-4-3-5-7-12/h3-7H,8-9H2,1-2H3. The molecule has 1 aliphatic carbocycles. The predicted molar refractivity (Wildman–Crippen MR) is 89.0 cm³/mol. The first-order chi connectivity index (χ1) is 9.59. The summed E-state index contributed by atoms with van der Waals surface area (Å²) in [4.78, 5) is 14.9. The second-order valence-electron chi connectivity index (χ2n) is 5.05. The minimum absolute atomic E-state index is 0.265. The van der Waals surface area contributed by atoms with Gasteiger partial charge in [0.25, 0.3) is 0 Å². The third kappa shape index (κ3) is 2.19. The van der Waals surface area contributed by atoms with Crippen molar-refractivity contribution in [1.29, 1.82) is 0 Å². The Bertz CT molecular complexity index is 710. The Kier molecular flexibility index (Phi) is 3.65. The lowest BCUT2D eigenvalue weighted by molar-refractivity contribution is -0.113. The first-order valence-electron chi connectivity index (χ1n) is 6.67. The van der Waals surface area contributed by atoms with Gasteiger partial charge in [0.05, 0.1) is 0 Å². The van der Waals surface area contributed by atoms with Crippen LogP contribution in [-0.2, 0) is 4.79 Å². The van der Waals surface area contributed by atoms with Crippen LogP contribution in [0.1, 0.15) is 33.7 Å². The predicted octanol–water partition coefficient (Wildman–Crippen LogP) is 5.40. The second kappa shape index (κ2) is 5.30. The van der Waals surface area contributed by atoms with Gasteiger partial charge in [-0.3, -0.25) is 4.79 Å². The topological polar surface area (TPSA) is 17.1 Å². The number of halogens is 1. The molecule has 0 amide bonds. The molecule has 0 fully saturated rings. The lowest BCUT2D eigenvalue weighted by Gasteiger charge is -2.08. The number of Topliss-reactive ketones (excluding diaryl/α,β-unsaturated/α-hetero) is 1. The van der Waals surface area contributed by atoms with Crippen molar-refractivity contribution < 1.29 is 4.79 Å². The molecule has 0 atom stereocenters. The van der Waals surface area contributed by atoms with Crippen molar-refractivity contribution in [1.82, 2.24) is 0 Å². The van der Waals surface area contributed by atoms with Crippen LogP contribution in [-0.4, -0.2) is 5.78 Å². The van der Waals surface area contributed by atoms with Crippen LogP contribution in [0.4, 0.5) is 0 Å². The molecule has 0 radical (unpaired) electrons. The number of benzene rings is 1. The van der Waals surface area contributed by atoms with E-state index in [1.54, 1.807) is 11.3 Å². The molecular formula is C17H15BrOS. The van der Waals surface area contributed by atoms with Crippen LogP contribution in [0.15, 0.2) is 34.8 Å². The molecule has 1 nitrogen and oxygen atoms in total. The summed E-state index contributed by atoms with van der Waals surface area (Å²) in [5, 5.41) is 0. The van der Waals surface area contributed by atoms with Crippen molar-refractivity contribution >= 4 is 44.2 Å². The van der Waals surface area contributed by atoms with Gasteiger partial charge < -0.3 is 0 Å². The summed E-state index contributed by atoms with van der Waals surface area (Å²) in [5.74, 6) is 0.265. The molecule has 20 heavy (non-hydrogen) atoms. The summed E-state index contributed by atoms with van der Waals surface area (Å²) in [6, 6.07) is 10.0. The molecule has 1 aromatic carbocycles. The zero-order valence-corrected chi connectivity index (χ0v) is 13.9. The van der Waals surface area contributed by atoms with E-state index in [2.05, 4.69) is 29.8 Å². The van der Waals surface area contributed by atoms with E-state index in [-0.39, 0.29) is 5.78 Å². The molecule has 3 rings (SSSR count). The number of hydrogen-bond acceptors (Lipinski definition) is 2. The lowest BCUT2D eigenvalue weighted by Crippen LogP contribution is -1.96. The summed E-state index contributed by atoms with van der Waals surface area (Å²) in [7, 11) is 0. The fourth-order valence-electron chi connectivity index (χ4n) is 2.85. The summed E-state index contributed by atoms with van der Waals surface area (Å²) in [5.41, 5.74) is 4.39. The van der Waals surface area contributed by atoms with Crippen molar-refractivity contribution in [3.63, 3.8) is 0 Å². The summed E-state index contributed by atoms with van der Waals surface area (Å²) < 4.78 is 1.15. The van der Waals surface area contributed by atoms with Crippen molar-refractivity contribution in [3.05, 3.63) is 55.7 Å². The zero-order valence-electron chi connectivity index (χ0n) is 11.5. The highest BCUT2D eigenvalue weighted by Gasteiger charge is 2.28. The van der Waals surface area contributed by atoms with E-state index >= 15 is 0 Å². The average Bonchev–Trinajstić information content (AvgIpc) is 2.92. The molecule has 1 aromatic heterocycles. The van der Waals surface area contributed by atoms with Gasteiger partial charge in [0, 0.05) is 31.8 Å². The van der Waals surface area contributed by atoms with Gasteiger partial charge in [0.2, 0.25) is 0 Å². The van der Waals surface area contributed by atoms with E-state index < -0.39 is 0 Å². The fourth-order valence-corrected chi connectivity index (χ4v) is 4.74. The van der Waals surface area contributed by atoms with E-state index in [4.69, 9.17) is 0 Å². The van der Waals surface area contributed by atoms with Crippen LogP contribution >= 0.6 is 27.3 Å². The smallest absolute Gasteiger partial charge is 0.164 e. The zero-order chi connectivity index (χ0) is 14.3. The molecule has 102 valence electrons. The molecule has 0 N–H and O–H groups in total. The van der Waals surface area contributed by atoms with E-state index in [0.717, 1.165) is 22.0 Å². The number of hydrogen-bond donors (Lipinski definition) is 0. The van der Waals surface area contributed by atoms with Gasteiger partial charge in [-0.25, -0.2) is 0 Å².